The zero-order valence-electron chi connectivity index (χ0n) is 3.86. The van der Waals surface area contributed by atoms with Crippen molar-refractivity contribution in [1.29, 1.82) is 0 Å². The third kappa shape index (κ3) is 0.778. The first-order chi connectivity index (χ1) is 3.34. The second-order valence-electron chi connectivity index (χ2n) is 1.82. The van der Waals surface area contributed by atoms with Crippen LogP contribution in [0.1, 0.15) is 12.8 Å². The first-order valence-corrected chi connectivity index (χ1v) is 2.80. The van der Waals surface area contributed by atoms with Crippen LogP contribution in [0.5, 0.6) is 0 Å². The van der Waals surface area contributed by atoms with Crippen molar-refractivity contribution in [2.24, 2.45) is 5.92 Å². The molecule has 1 saturated carbocycles. The molecule has 2 unspecified atom stereocenters. The monoisotopic (exact) mass is 117 g/mol. The average molecular weight is 118 g/mol. The molecule has 0 amide bonds. The van der Waals surface area contributed by atoms with Gasteiger partial charge in [0.15, 0.2) is 0 Å². The fraction of sp³-hybridized carbons (Fsp3) is 0.800. The molecule has 1 aliphatic carbocycles. The van der Waals surface area contributed by atoms with Crippen LogP contribution in [-0.2, 0) is 4.79 Å². The highest BCUT2D eigenvalue weighted by atomic mass is 35.5. The number of hydrogen-bond donors (Lipinski definition) is 0. The Morgan fingerprint density at radius 2 is 2.29 bits per heavy atom. The summed E-state index contributed by atoms with van der Waals surface area (Å²) < 4.78 is 0. The summed E-state index contributed by atoms with van der Waals surface area (Å²) >= 11 is 5.55. The largest absolute Gasteiger partial charge is 0.291 e. The summed E-state index contributed by atoms with van der Waals surface area (Å²) in [5.74, 6) is 0.0432. The van der Waals surface area contributed by atoms with Crippen molar-refractivity contribution in [3.63, 3.8) is 0 Å². The molecule has 1 nitrogen and oxygen atoms in total. The lowest BCUT2D eigenvalue weighted by atomic mass is 9.86. The minimum absolute atomic E-state index is 0.0432. The maximum absolute atomic E-state index is 9.79. The number of hydrogen-bond acceptors (Lipinski definition) is 1. The van der Waals surface area contributed by atoms with Gasteiger partial charge >= 0.3 is 0 Å². The van der Waals surface area contributed by atoms with Crippen molar-refractivity contribution in [1.82, 2.24) is 0 Å². The molecule has 0 aromatic heterocycles. The molecule has 0 N–H and O–H groups in total. The molecule has 0 heterocycles. The van der Waals surface area contributed by atoms with Gasteiger partial charge in [-0.15, -0.1) is 11.6 Å². The van der Waals surface area contributed by atoms with Crippen LogP contribution in [0, 0.1) is 5.92 Å². The van der Waals surface area contributed by atoms with E-state index in [1.54, 1.807) is 0 Å². The first-order valence-electron chi connectivity index (χ1n) is 2.36. The normalized spacial score (nSPS) is 39.6. The van der Waals surface area contributed by atoms with Gasteiger partial charge in [0.2, 0.25) is 6.29 Å². The van der Waals surface area contributed by atoms with E-state index < -0.39 is 0 Å². The van der Waals surface area contributed by atoms with E-state index in [9.17, 15) is 4.79 Å². The predicted octanol–water partition coefficient (Wildman–Crippen LogP) is 1.11. The summed E-state index contributed by atoms with van der Waals surface area (Å²) in [7, 11) is 0. The van der Waals surface area contributed by atoms with Crippen LogP contribution in [0.25, 0.3) is 0 Å². The maximum Gasteiger partial charge on any atom is 0.203 e. The molecule has 0 aromatic carbocycles. The zero-order valence-corrected chi connectivity index (χ0v) is 4.61. The second kappa shape index (κ2) is 1.83. The smallest absolute Gasteiger partial charge is 0.203 e. The second-order valence-corrected chi connectivity index (χ2v) is 2.38. The van der Waals surface area contributed by atoms with Crippen LogP contribution >= 0.6 is 11.6 Å². The van der Waals surface area contributed by atoms with Crippen molar-refractivity contribution in [3.05, 3.63) is 0 Å². The molecular weight excluding hydrogens is 112 g/mol. The van der Waals surface area contributed by atoms with Crippen molar-refractivity contribution < 1.29 is 4.79 Å². The molecular formula is C5H6ClO. The van der Waals surface area contributed by atoms with Crippen LogP contribution < -0.4 is 0 Å². The Morgan fingerprint density at radius 1 is 1.57 bits per heavy atom. The summed E-state index contributed by atoms with van der Waals surface area (Å²) in [6, 6.07) is 0. The molecule has 7 heavy (non-hydrogen) atoms. The molecule has 0 saturated heterocycles. The highest BCUT2D eigenvalue weighted by molar-refractivity contribution is 6.22. The Bertz CT molecular complexity index is 82.1. The molecule has 0 aromatic rings. The third-order valence-corrected chi connectivity index (χ3v) is 1.86. The molecule has 1 aliphatic rings. The molecule has 39 valence electrons. The van der Waals surface area contributed by atoms with Gasteiger partial charge in [0, 0.05) is 11.3 Å². The SMILES string of the molecule is O=[C]C1CCC1Cl. The van der Waals surface area contributed by atoms with Crippen molar-refractivity contribution in [2.45, 2.75) is 18.2 Å². The van der Waals surface area contributed by atoms with Gasteiger partial charge < -0.3 is 0 Å². The van der Waals surface area contributed by atoms with E-state index in [4.69, 9.17) is 11.6 Å². The number of rotatable bonds is 1. The highest BCUT2D eigenvalue weighted by Gasteiger charge is 2.28. The van der Waals surface area contributed by atoms with Gasteiger partial charge in [-0.3, -0.25) is 4.79 Å². The Hall–Kier alpha value is -0.0400. The van der Waals surface area contributed by atoms with E-state index in [-0.39, 0.29) is 11.3 Å². The van der Waals surface area contributed by atoms with E-state index >= 15 is 0 Å². The van der Waals surface area contributed by atoms with Crippen LogP contribution in [0.2, 0.25) is 0 Å². The maximum atomic E-state index is 9.79. The summed E-state index contributed by atoms with van der Waals surface area (Å²) in [4.78, 5) is 9.79. The van der Waals surface area contributed by atoms with E-state index in [0.717, 1.165) is 12.8 Å². The van der Waals surface area contributed by atoms with Gasteiger partial charge in [0.25, 0.3) is 0 Å². The van der Waals surface area contributed by atoms with Gasteiger partial charge in [-0.25, -0.2) is 0 Å². The lowest BCUT2D eigenvalue weighted by molar-refractivity contribution is 0.396. The molecule has 0 spiro atoms. The standard InChI is InChI=1S/C5H6ClO/c6-5-2-1-4(5)3-7/h4-5H,1-2H2. The quantitative estimate of drug-likeness (QED) is 0.471. The van der Waals surface area contributed by atoms with Gasteiger partial charge in [0.05, 0.1) is 0 Å². The van der Waals surface area contributed by atoms with Crippen molar-refractivity contribution >= 4 is 17.9 Å². The summed E-state index contributed by atoms with van der Waals surface area (Å²) in [5, 5.41) is 0.0949. The molecule has 2 atom stereocenters. The van der Waals surface area contributed by atoms with Crippen LogP contribution in [0.3, 0.4) is 0 Å². The molecule has 1 radical (unpaired) electrons. The first kappa shape index (κ1) is 5.10. The summed E-state index contributed by atoms with van der Waals surface area (Å²) in [6.07, 6.45) is 3.80. The van der Waals surface area contributed by atoms with E-state index in [1.807, 2.05) is 6.29 Å². The van der Waals surface area contributed by atoms with E-state index in [1.165, 1.54) is 0 Å². The Labute approximate surface area is 47.7 Å². The van der Waals surface area contributed by atoms with Gasteiger partial charge in [-0.1, -0.05) is 0 Å². The Morgan fingerprint density at radius 3 is 2.29 bits per heavy atom. The minimum atomic E-state index is 0.0432. The fourth-order valence-electron chi connectivity index (χ4n) is 0.592. The summed E-state index contributed by atoms with van der Waals surface area (Å²) in [5.41, 5.74) is 0. The van der Waals surface area contributed by atoms with Gasteiger partial charge in [-0.2, -0.15) is 0 Å². The van der Waals surface area contributed by atoms with Crippen molar-refractivity contribution in [3.8, 4) is 0 Å². The zero-order chi connectivity index (χ0) is 5.28. The molecule has 0 aliphatic heterocycles. The van der Waals surface area contributed by atoms with Crippen LogP contribution in [-0.4, -0.2) is 11.7 Å². The van der Waals surface area contributed by atoms with E-state index in [2.05, 4.69) is 0 Å². The molecule has 0 bridgehead atoms. The van der Waals surface area contributed by atoms with Crippen LogP contribution in [0.15, 0.2) is 0 Å². The number of alkyl halides is 1. The van der Waals surface area contributed by atoms with Gasteiger partial charge in [0.1, 0.15) is 0 Å². The highest BCUT2D eigenvalue weighted by Crippen LogP contribution is 2.29. The van der Waals surface area contributed by atoms with Crippen LogP contribution in [0.4, 0.5) is 0 Å². The Kier molecular flexibility index (Phi) is 1.33. The average Bonchev–Trinajstić information content (AvgIpc) is 1.65. The lowest BCUT2D eigenvalue weighted by Crippen LogP contribution is -2.26. The molecule has 2 heteroatoms. The predicted molar refractivity (Wildman–Crippen MR) is 28.1 cm³/mol. The molecule has 1 fully saturated rings. The third-order valence-electron chi connectivity index (χ3n) is 1.34. The Balaban J connectivity index is 2.28. The fourth-order valence-corrected chi connectivity index (χ4v) is 0.895. The topological polar surface area (TPSA) is 17.1 Å². The van der Waals surface area contributed by atoms with Gasteiger partial charge in [-0.05, 0) is 12.8 Å². The van der Waals surface area contributed by atoms with E-state index in [0.29, 0.717) is 0 Å². The van der Waals surface area contributed by atoms with Crippen molar-refractivity contribution in [2.75, 3.05) is 0 Å². The minimum Gasteiger partial charge on any atom is -0.291 e. The molecule has 1 rings (SSSR count). The summed E-state index contributed by atoms with van der Waals surface area (Å²) in [6.45, 7) is 0. The lowest BCUT2D eigenvalue weighted by Gasteiger charge is -2.25. The number of carbonyl (C=O) groups excluding carboxylic acids is 1. The number of halogens is 1.